The van der Waals surface area contributed by atoms with Crippen LogP contribution in [0.5, 0.6) is 0 Å². The Morgan fingerprint density at radius 3 is 2.81 bits per heavy atom. The third kappa shape index (κ3) is 3.05. The molecule has 0 spiro atoms. The van der Waals surface area contributed by atoms with Crippen LogP contribution < -0.4 is 5.32 Å². The Kier molecular flexibility index (Phi) is 4.15. The fourth-order valence-corrected chi connectivity index (χ4v) is 2.86. The van der Waals surface area contributed by atoms with Gasteiger partial charge in [0.05, 0.1) is 6.04 Å². The minimum atomic E-state index is 0.121. The number of hydrogen-bond acceptors (Lipinski definition) is 3. The van der Waals surface area contributed by atoms with Crippen LogP contribution in [0, 0.1) is 0 Å². The minimum absolute atomic E-state index is 0.121. The Morgan fingerprint density at radius 2 is 2.00 bits per heavy atom. The van der Waals surface area contributed by atoms with Gasteiger partial charge in [-0.2, -0.15) is 0 Å². The van der Waals surface area contributed by atoms with Crippen LogP contribution in [0.3, 0.4) is 0 Å². The van der Waals surface area contributed by atoms with Gasteiger partial charge in [-0.05, 0) is 37.5 Å². The van der Waals surface area contributed by atoms with Gasteiger partial charge in [0.15, 0.2) is 0 Å². The second-order valence-corrected chi connectivity index (χ2v) is 5.29. The van der Waals surface area contributed by atoms with E-state index in [2.05, 4.69) is 16.4 Å². The van der Waals surface area contributed by atoms with Crippen molar-refractivity contribution in [2.24, 2.45) is 0 Å². The minimum Gasteiger partial charge on any atom is -0.340 e. The van der Waals surface area contributed by atoms with E-state index >= 15 is 0 Å². The molecule has 1 aliphatic rings. The third-order valence-electron chi connectivity index (χ3n) is 3.91. The van der Waals surface area contributed by atoms with E-state index in [1.54, 1.807) is 6.20 Å². The second kappa shape index (κ2) is 6.39. The van der Waals surface area contributed by atoms with Crippen molar-refractivity contribution in [3.8, 4) is 0 Å². The molecule has 1 aromatic carbocycles. The first-order valence-corrected chi connectivity index (χ1v) is 7.36. The van der Waals surface area contributed by atoms with Crippen LogP contribution in [0.4, 0.5) is 11.5 Å². The number of rotatable bonds is 4. The summed E-state index contributed by atoms with van der Waals surface area (Å²) < 4.78 is 0. The van der Waals surface area contributed by atoms with Crippen molar-refractivity contribution in [2.45, 2.75) is 25.3 Å². The zero-order valence-corrected chi connectivity index (χ0v) is 11.9. The van der Waals surface area contributed by atoms with Crippen molar-refractivity contribution in [2.75, 3.05) is 11.9 Å². The molecule has 4 heteroatoms. The van der Waals surface area contributed by atoms with Gasteiger partial charge in [-0.15, -0.1) is 0 Å². The molecule has 0 radical (unpaired) electrons. The molecule has 0 aliphatic carbocycles. The summed E-state index contributed by atoms with van der Waals surface area (Å²) >= 11 is 0. The number of pyridine rings is 1. The molecule has 1 fully saturated rings. The first-order valence-electron chi connectivity index (χ1n) is 7.36. The van der Waals surface area contributed by atoms with Crippen LogP contribution in [0.2, 0.25) is 0 Å². The monoisotopic (exact) mass is 281 g/mol. The molecule has 1 saturated heterocycles. The molecule has 4 nitrogen and oxygen atoms in total. The number of para-hydroxylation sites is 1. The number of nitrogens with one attached hydrogen (secondary N) is 1. The molecule has 1 atom stereocenters. The Hall–Kier alpha value is -2.36. The Balaban J connectivity index is 1.90. The number of likely N-dealkylation sites (tertiary alicyclic amines) is 1. The van der Waals surface area contributed by atoms with Crippen LogP contribution in [0.15, 0.2) is 48.7 Å². The highest BCUT2D eigenvalue weighted by molar-refractivity contribution is 5.61. The summed E-state index contributed by atoms with van der Waals surface area (Å²) in [6, 6.07) is 14.1. The van der Waals surface area contributed by atoms with E-state index in [1.807, 2.05) is 41.3 Å². The number of piperidine rings is 1. The molecule has 1 N–H and O–H groups in total. The number of nitrogens with zero attached hydrogens (tertiary/aromatic N) is 2. The molecule has 2 aromatic rings. The standard InChI is InChI=1S/C17H19N3O/c21-13-20-12-5-4-10-16(20)15-9-6-11-18-17(15)19-14-7-2-1-3-8-14/h1-3,6-9,11,13,16H,4-5,10,12H2,(H,18,19)/t16-/m0/s1. The summed E-state index contributed by atoms with van der Waals surface area (Å²) in [6.45, 7) is 0.827. The second-order valence-electron chi connectivity index (χ2n) is 5.29. The largest absolute Gasteiger partial charge is 0.340 e. The number of hydrogen-bond donors (Lipinski definition) is 1. The van der Waals surface area contributed by atoms with Crippen molar-refractivity contribution < 1.29 is 4.79 Å². The van der Waals surface area contributed by atoms with Crippen LogP contribution in [0.1, 0.15) is 30.9 Å². The van der Waals surface area contributed by atoms with Crippen LogP contribution in [-0.4, -0.2) is 22.8 Å². The molecule has 2 heterocycles. The van der Waals surface area contributed by atoms with Crippen LogP contribution in [0.25, 0.3) is 0 Å². The predicted molar refractivity (Wildman–Crippen MR) is 83.3 cm³/mol. The van der Waals surface area contributed by atoms with Gasteiger partial charge in [-0.1, -0.05) is 24.3 Å². The van der Waals surface area contributed by atoms with E-state index in [0.717, 1.165) is 49.3 Å². The lowest BCUT2D eigenvalue weighted by molar-refractivity contribution is -0.121. The van der Waals surface area contributed by atoms with Crippen LogP contribution >= 0.6 is 0 Å². The molecule has 1 aromatic heterocycles. The van der Waals surface area contributed by atoms with Crippen molar-refractivity contribution in [3.63, 3.8) is 0 Å². The third-order valence-corrected chi connectivity index (χ3v) is 3.91. The quantitative estimate of drug-likeness (QED) is 0.872. The molecule has 108 valence electrons. The smallest absolute Gasteiger partial charge is 0.210 e. The molecular weight excluding hydrogens is 262 g/mol. The molecule has 1 aliphatic heterocycles. The summed E-state index contributed by atoms with van der Waals surface area (Å²) in [5, 5.41) is 3.36. The topological polar surface area (TPSA) is 45.2 Å². The van der Waals surface area contributed by atoms with Crippen molar-refractivity contribution in [1.82, 2.24) is 9.88 Å². The van der Waals surface area contributed by atoms with E-state index in [4.69, 9.17) is 0 Å². The molecule has 21 heavy (non-hydrogen) atoms. The maximum atomic E-state index is 11.3. The fraction of sp³-hybridized carbons (Fsp3) is 0.294. The summed E-state index contributed by atoms with van der Waals surface area (Å²) in [7, 11) is 0. The number of benzene rings is 1. The summed E-state index contributed by atoms with van der Waals surface area (Å²) in [5.41, 5.74) is 2.10. The molecule has 1 amide bonds. The highest BCUT2D eigenvalue weighted by Gasteiger charge is 2.25. The number of carbonyl (C=O) groups is 1. The van der Waals surface area contributed by atoms with Crippen molar-refractivity contribution >= 4 is 17.9 Å². The first kappa shape index (κ1) is 13.6. The highest BCUT2D eigenvalue weighted by Crippen LogP contribution is 2.34. The van der Waals surface area contributed by atoms with Gasteiger partial charge < -0.3 is 10.2 Å². The number of anilines is 2. The van der Waals surface area contributed by atoms with Gasteiger partial charge in [0.25, 0.3) is 0 Å². The molecular formula is C17H19N3O. The van der Waals surface area contributed by atoms with Gasteiger partial charge in [-0.3, -0.25) is 4.79 Å². The van der Waals surface area contributed by atoms with Crippen molar-refractivity contribution in [1.29, 1.82) is 0 Å². The van der Waals surface area contributed by atoms with Gasteiger partial charge in [0.1, 0.15) is 5.82 Å². The van der Waals surface area contributed by atoms with E-state index in [1.165, 1.54) is 0 Å². The van der Waals surface area contributed by atoms with E-state index < -0.39 is 0 Å². The lowest BCUT2D eigenvalue weighted by atomic mass is 9.96. The fourth-order valence-electron chi connectivity index (χ4n) is 2.86. The Bertz CT molecular complexity index is 600. The number of amides is 1. The van der Waals surface area contributed by atoms with Gasteiger partial charge >= 0.3 is 0 Å². The molecule has 3 rings (SSSR count). The lowest BCUT2D eigenvalue weighted by Crippen LogP contribution is -2.32. The highest BCUT2D eigenvalue weighted by atomic mass is 16.1. The average Bonchev–Trinajstić information content (AvgIpc) is 2.56. The molecule has 0 saturated carbocycles. The summed E-state index contributed by atoms with van der Waals surface area (Å²) in [4.78, 5) is 17.6. The van der Waals surface area contributed by atoms with Crippen LogP contribution in [-0.2, 0) is 4.79 Å². The summed E-state index contributed by atoms with van der Waals surface area (Å²) in [5.74, 6) is 0.836. The zero-order valence-electron chi connectivity index (χ0n) is 11.9. The maximum Gasteiger partial charge on any atom is 0.210 e. The number of aromatic nitrogens is 1. The van der Waals surface area contributed by atoms with E-state index in [0.29, 0.717) is 0 Å². The SMILES string of the molecule is O=CN1CCCC[C@H]1c1cccnc1Nc1ccccc1. The van der Waals surface area contributed by atoms with E-state index in [-0.39, 0.29) is 6.04 Å². The predicted octanol–water partition coefficient (Wildman–Crippen LogP) is 3.51. The van der Waals surface area contributed by atoms with Crippen molar-refractivity contribution in [3.05, 3.63) is 54.2 Å². The average molecular weight is 281 g/mol. The van der Waals surface area contributed by atoms with E-state index in [9.17, 15) is 4.79 Å². The first-order chi connectivity index (χ1) is 10.4. The zero-order chi connectivity index (χ0) is 14.5. The Labute approximate surface area is 124 Å². The molecule has 0 bridgehead atoms. The number of carbonyl (C=O) groups excluding carboxylic acids is 1. The Morgan fingerprint density at radius 1 is 1.14 bits per heavy atom. The van der Waals surface area contributed by atoms with Gasteiger partial charge in [-0.25, -0.2) is 4.98 Å². The molecule has 0 unspecified atom stereocenters. The van der Waals surface area contributed by atoms with Gasteiger partial charge in [0.2, 0.25) is 6.41 Å². The summed E-state index contributed by atoms with van der Waals surface area (Å²) in [6.07, 6.45) is 5.96. The lowest BCUT2D eigenvalue weighted by Gasteiger charge is -2.33. The van der Waals surface area contributed by atoms with Gasteiger partial charge in [0, 0.05) is 24.0 Å². The maximum absolute atomic E-state index is 11.3. The normalized spacial score (nSPS) is 18.3.